The second-order valence-corrected chi connectivity index (χ2v) is 6.96. The molecule has 124 valence electrons. The van der Waals surface area contributed by atoms with E-state index in [4.69, 9.17) is 4.42 Å². The van der Waals surface area contributed by atoms with Crippen molar-refractivity contribution >= 4 is 49.7 Å². The fourth-order valence-electron chi connectivity index (χ4n) is 2.26. The van der Waals surface area contributed by atoms with Crippen molar-refractivity contribution in [2.24, 2.45) is 0 Å². The first-order valence-electron chi connectivity index (χ1n) is 7.10. The number of furan rings is 1. The van der Waals surface area contributed by atoms with Crippen molar-refractivity contribution in [1.82, 2.24) is 4.98 Å². The first kappa shape index (κ1) is 15.5. The molecule has 4 aromatic rings. The lowest BCUT2D eigenvalue weighted by Gasteiger charge is -1.97. The van der Waals surface area contributed by atoms with Gasteiger partial charge in [0, 0.05) is 16.8 Å². The van der Waals surface area contributed by atoms with Crippen LogP contribution in [0.15, 0.2) is 52.3 Å². The summed E-state index contributed by atoms with van der Waals surface area (Å²) in [5.74, 6) is 0.188. The van der Waals surface area contributed by atoms with Crippen LogP contribution < -0.4 is 5.32 Å². The Bertz CT molecular complexity index is 1060. The predicted molar refractivity (Wildman–Crippen MR) is 96.2 cm³/mol. The zero-order chi connectivity index (χ0) is 17.4. The minimum Gasteiger partial charge on any atom is -0.454 e. The lowest BCUT2D eigenvalue weighted by atomic mass is 10.2. The van der Waals surface area contributed by atoms with Gasteiger partial charge in [0.15, 0.2) is 10.9 Å². The van der Waals surface area contributed by atoms with Crippen molar-refractivity contribution in [2.45, 2.75) is 0 Å². The van der Waals surface area contributed by atoms with Gasteiger partial charge in [-0.3, -0.25) is 20.2 Å². The highest BCUT2D eigenvalue weighted by Gasteiger charge is 2.17. The van der Waals surface area contributed by atoms with Gasteiger partial charge in [-0.2, -0.15) is 0 Å². The number of thiophene rings is 1. The van der Waals surface area contributed by atoms with Crippen LogP contribution in [0.4, 0.5) is 10.1 Å². The lowest BCUT2D eigenvalue weighted by Crippen LogP contribution is -2.09. The molecular weight excluding hydrogens is 362 g/mol. The summed E-state index contributed by atoms with van der Waals surface area (Å²) in [6, 6.07) is 12.3. The van der Waals surface area contributed by atoms with E-state index in [1.165, 1.54) is 23.5 Å². The van der Waals surface area contributed by atoms with Gasteiger partial charge in [0.2, 0.25) is 0 Å². The number of nitro groups is 1. The van der Waals surface area contributed by atoms with E-state index >= 15 is 0 Å². The van der Waals surface area contributed by atoms with Crippen molar-refractivity contribution in [3.8, 4) is 11.5 Å². The number of benzene rings is 1. The van der Waals surface area contributed by atoms with Crippen LogP contribution in [0.2, 0.25) is 0 Å². The number of hydrogen-bond acceptors (Lipinski definition) is 7. The molecule has 3 heterocycles. The Labute approximate surface area is 148 Å². The fourth-order valence-corrected chi connectivity index (χ4v) is 3.67. The van der Waals surface area contributed by atoms with Crippen molar-refractivity contribution in [3.63, 3.8) is 0 Å². The van der Waals surface area contributed by atoms with Crippen LogP contribution in [0.5, 0.6) is 0 Å². The van der Waals surface area contributed by atoms with Gasteiger partial charge in [0.05, 0.1) is 9.80 Å². The van der Waals surface area contributed by atoms with E-state index in [9.17, 15) is 14.9 Å². The van der Waals surface area contributed by atoms with Gasteiger partial charge in [-0.25, -0.2) is 4.98 Å². The number of carbonyl (C=O) groups is 1. The number of nitrogens with one attached hydrogen (secondary N) is 1. The summed E-state index contributed by atoms with van der Waals surface area (Å²) in [7, 11) is 0. The van der Waals surface area contributed by atoms with Gasteiger partial charge in [-0.05, 0) is 18.2 Å². The van der Waals surface area contributed by atoms with Gasteiger partial charge in [0.25, 0.3) is 5.91 Å². The molecule has 0 saturated carbocycles. The van der Waals surface area contributed by atoms with Crippen LogP contribution in [-0.4, -0.2) is 15.8 Å². The third-order valence-electron chi connectivity index (χ3n) is 3.40. The second-order valence-electron chi connectivity index (χ2n) is 5.04. The molecule has 0 bridgehead atoms. The van der Waals surface area contributed by atoms with Gasteiger partial charge in [-0.1, -0.05) is 29.5 Å². The highest BCUT2D eigenvalue weighted by molar-refractivity contribution is 7.17. The van der Waals surface area contributed by atoms with Crippen LogP contribution in [-0.2, 0) is 0 Å². The maximum absolute atomic E-state index is 12.2. The topological polar surface area (TPSA) is 98.3 Å². The molecule has 25 heavy (non-hydrogen) atoms. The summed E-state index contributed by atoms with van der Waals surface area (Å²) in [4.78, 5) is 26.9. The first-order valence-corrected chi connectivity index (χ1v) is 8.80. The van der Waals surface area contributed by atoms with Crippen LogP contribution in [0, 0.1) is 10.1 Å². The standard InChI is InChI=1S/C16H9N3O4S2/c20-15(13-5-6-14(25-13)19(21)22)18-16-17-10(8-24-16)12-7-9-3-1-2-4-11(9)23-12/h1-8H,(H,17,18,20). The zero-order valence-corrected chi connectivity index (χ0v) is 14.1. The van der Waals surface area contributed by atoms with Crippen molar-refractivity contribution in [2.75, 3.05) is 5.32 Å². The Balaban J connectivity index is 1.54. The molecule has 0 radical (unpaired) electrons. The Morgan fingerprint density at radius 3 is 2.84 bits per heavy atom. The molecular formula is C16H9N3O4S2. The Hall–Kier alpha value is -3.04. The molecule has 0 fully saturated rings. The molecule has 0 unspecified atom stereocenters. The first-order chi connectivity index (χ1) is 12.1. The van der Waals surface area contributed by atoms with Crippen LogP contribution >= 0.6 is 22.7 Å². The summed E-state index contributed by atoms with van der Waals surface area (Å²) in [5, 5.41) is 16.4. The molecule has 9 heteroatoms. The number of nitrogens with zero attached hydrogens (tertiary/aromatic N) is 2. The van der Waals surface area contributed by atoms with Crippen molar-refractivity contribution in [1.29, 1.82) is 0 Å². The predicted octanol–water partition coefficient (Wildman–Crippen LogP) is 4.78. The van der Waals surface area contributed by atoms with Gasteiger partial charge in [-0.15, -0.1) is 11.3 Å². The average molecular weight is 371 g/mol. The molecule has 1 N–H and O–H groups in total. The summed E-state index contributed by atoms with van der Waals surface area (Å²) in [6.45, 7) is 0. The van der Waals surface area contributed by atoms with Crippen molar-refractivity contribution < 1.29 is 14.1 Å². The molecule has 3 aromatic heterocycles. The van der Waals surface area contributed by atoms with E-state index in [0.717, 1.165) is 22.3 Å². The van der Waals surface area contributed by atoms with Gasteiger partial charge >= 0.3 is 5.00 Å². The summed E-state index contributed by atoms with van der Waals surface area (Å²) < 4.78 is 5.75. The number of carbonyl (C=O) groups excluding carboxylic acids is 1. The molecule has 0 aliphatic heterocycles. The number of para-hydroxylation sites is 1. The van der Waals surface area contributed by atoms with E-state index in [-0.39, 0.29) is 9.88 Å². The molecule has 7 nitrogen and oxygen atoms in total. The molecule has 0 atom stereocenters. The maximum Gasteiger partial charge on any atom is 0.324 e. The summed E-state index contributed by atoms with van der Waals surface area (Å²) in [6.07, 6.45) is 0. The van der Waals surface area contributed by atoms with E-state index in [1.807, 2.05) is 30.3 Å². The Morgan fingerprint density at radius 1 is 1.24 bits per heavy atom. The van der Waals surface area contributed by atoms with Gasteiger partial charge < -0.3 is 4.42 Å². The molecule has 0 aliphatic rings. The molecule has 1 aromatic carbocycles. The quantitative estimate of drug-likeness (QED) is 0.411. The lowest BCUT2D eigenvalue weighted by molar-refractivity contribution is -0.380. The summed E-state index contributed by atoms with van der Waals surface area (Å²) >= 11 is 2.08. The van der Waals surface area contributed by atoms with E-state index in [2.05, 4.69) is 10.3 Å². The van der Waals surface area contributed by atoms with E-state index in [0.29, 0.717) is 16.6 Å². The minimum atomic E-state index is -0.523. The minimum absolute atomic E-state index is 0.0766. The largest absolute Gasteiger partial charge is 0.454 e. The molecule has 0 spiro atoms. The van der Waals surface area contributed by atoms with E-state index < -0.39 is 10.8 Å². The number of rotatable bonds is 4. The van der Waals surface area contributed by atoms with Crippen LogP contribution in [0.1, 0.15) is 9.67 Å². The number of thiazole rings is 1. The van der Waals surface area contributed by atoms with Gasteiger partial charge in [0.1, 0.15) is 11.3 Å². The van der Waals surface area contributed by atoms with Crippen LogP contribution in [0.3, 0.4) is 0 Å². The Morgan fingerprint density at radius 2 is 2.08 bits per heavy atom. The van der Waals surface area contributed by atoms with E-state index in [1.54, 1.807) is 5.38 Å². The maximum atomic E-state index is 12.2. The van der Waals surface area contributed by atoms with Crippen LogP contribution in [0.25, 0.3) is 22.4 Å². The second kappa shape index (κ2) is 6.11. The highest BCUT2D eigenvalue weighted by Crippen LogP contribution is 2.31. The fraction of sp³-hybridized carbons (Fsp3) is 0. The molecule has 0 aliphatic carbocycles. The molecule has 1 amide bonds. The normalized spacial score (nSPS) is 10.9. The average Bonchev–Trinajstić information content (AvgIpc) is 3.33. The number of anilines is 1. The third-order valence-corrected chi connectivity index (χ3v) is 5.19. The smallest absolute Gasteiger partial charge is 0.324 e. The summed E-state index contributed by atoms with van der Waals surface area (Å²) in [5.41, 5.74) is 1.38. The number of fused-ring (bicyclic) bond motifs is 1. The third kappa shape index (κ3) is 3.02. The number of hydrogen-bond donors (Lipinski definition) is 1. The molecule has 4 rings (SSSR count). The highest BCUT2D eigenvalue weighted by atomic mass is 32.1. The number of amides is 1. The SMILES string of the molecule is O=C(Nc1nc(-c2cc3ccccc3o2)cs1)c1ccc([N+](=O)[O-])s1. The molecule has 0 saturated heterocycles. The van der Waals surface area contributed by atoms with Crippen molar-refractivity contribution in [3.05, 3.63) is 62.8 Å². The zero-order valence-electron chi connectivity index (χ0n) is 12.5. The number of aromatic nitrogens is 1. The monoisotopic (exact) mass is 371 g/mol. The Kier molecular flexibility index (Phi) is 3.79.